The Morgan fingerprint density at radius 1 is 1.18 bits per heavy atom. The first-order chi connectivity index (χ1) is 10.1. The molecule has 0 aromatic heterocycles. The lowest BCUT2D eigenvalue weighted by Gasteiger charge is -2.43. The predicted molar refractivity (Wildman–Crippen MR) is 105 cm³/mol. The van der Waals surface area contributed by atoms with E-state index in [1.54, 1.807) is 0 Å². The lowest BCUT2D eigenvalue weighted by Crippen LogP contribution is -2.57. The van der Waals surface area contributed by atoms with Gasteiger partial charge in [-0.15, -0.1) is 24.0 Å². The van der Waals surface area contributed by atoms with Crippen molar-refractivity contribution in [3.05, 3.63) is 0 Å². The van der Waals surface area contributed by atoms with Crippen molar-refractivity contribution >= 4 is 29.9 Å². The Balaban J connectivity index is 0.00000441. The highest BCUT2D eigenvalue weighted by molar-refractivity contribution is 14.0. The Kier molecular flexibility index (Phi) is 11.4. The summed E-state index contributed by atoms with van der Waals surface area (Å²) >= 11 is 0. The highest BCUT2D eigenvalue weighted by Gasteiger charge is 2.34. The third-order valence-corrected chi connectivity index (χ3v) is 4.89. The number of aliphatic imine (C=N–C) groups is 1. The van der Waals surface area contributed by atoms with Crippen LogP contribution in [-0.4, -0.2) is 63.8 Å². The van der Waals surface area contributed by atoms with Crippen molar-refractivity contribution in [2.75, 3.05) is 47.4 Å². The average Bonchev–Trinajstić information content (AvgIpc) is 2.51. The Morgan fingerprint density at radius 2 is 1.77 bits per heavy atom. The molecule has 5 nitrogen and oxygen atoms in total. The minimum Gasteiger partial charge on any atom is -0.381 e. The monoisotopic (exact) mass is 426 g/mol. The number of ether oxygens (including phenoxy) is 1. The van der Waals surface area contributed by atoms with Gasteiger partial charge in [-0.2, -0.15) is 0 Å². The van der Waals surface area contributed by atoms with Crippen LogP contribution >= 0.6 is 24.0 Å². The normalized spacial score (nSPS) is 18.2. The number of guanidine groups is 1. The van der Waals surface area contributed by atoms with Crippen molar-refractivity contribution in [2.24, 2.45) is 10.9 Å². The van der Waals surface area contributed by atoms with Crippen molar-refractivity contribution in [1.82, 2.24) is 15.5 Å². The van der Waals surface area contributed by atoms with Gasteiger partial charge in [0, 0.05) is 38.9 Å². The van der Waals surface area contributed by atoms with Crippen LogP contribution in [0.4, 0.5) is 0 Å². The van der Waals surface area contributed by atoms with Crippen LogP contribution in [0, 0.1) is 5.92 Å². The van der Waals surface area contributed by atoms with Gasteiger partial charge in [-0.25, -0.2) is 0 Å². The number of hydrogen-bond acceptors (Lipinski definition) is 3. The number of nitrogens with one attached hydrogen (secondary N) is 2. The molecule has 1 saturated heterocycles. The van der Waals surface area contributed by atoms with Crippen LogP contribution in [0.25, 0.3) is 0 Å². The van der Waals surface area contributed by atoms with E-state index in [0.717, 1.165) is 51.0 Å². The van der Waals surface area contributed by atoms with E-state index >= 15 is 0 Å². The van der Waals surface area contributed by atoms with Crippen LogP contribution in [0.1, 0.15) is 39.5 Å². The second kappa shape index (κ2) is 11.5. The van der Waals surface area contributed by atoms with Crippen molar-refractivity contribution in [3.63, 3.8) is 0 Å². The van der Waals surface area contributed by atoms with Gasteiger partial charge in [-0.3, -0.25) is 4.99 Å². The number of halogens is 1. The van der Waals surface area contributed by atoms with E-state index in [1.165, 1.54) is 12.8 Å². The first-order valence-corrected chi connectivity index (χ1v) is 8.27. The summed E-state index contributed by atoms with van der Waals surface area (Å²) < 4.78 is 5.52. The van der Waals surface area contributed by atoms with Crippen molar-refractivity contribution in [1.29, 1.82) is 0 Å². The minimum absolute atomic E-state index is 0. The molecule has 0 aromatic rings. The molecule has 0 bridgehead atoms. The fourth-order valence-electron chi connectivity index (χ4n) is 2.82. The molecule has 2 N–H and O–H groups in total. The van der Waals surface area contributed by atoms with Gasteiger partial charge in [-0.05, 0) is 32.9 Å². The van der Waals surface area contributed by atoms with Crippen LogP contribution in [0.15, 0.2) is 4.99 Å². The van der Waals surface area contributed by atoms with Crippen LogP contribution in [0.3, 0.4) is 0 Å². The Hall–Kier alpha value is -0.0800. The molecule has 1 heterocycles. The first-order valence-electron chi connectivity index (χ1n) is 8.27. The predicted octanol–water partition coefficient (Wildman–Crippen LogP) is 2.32. The summed E-state index contributed by atoms with van der Waals surface area (Å²) in [4.78, 5) is 6.68. The topological polar surface area (TPSA) is 48.9 Å². The molecule has 1 rings (SSSR count). The zero-order chi connectivity index (χ0) is 15.7. The molecule has 132 valence electrons. The fourth-order valence-corrected chi connectivity index (χ4v) is 2.82. The number of hydrogen-bond donors (Lipinski definition) is 2. The van der Waals surface area contributed by atoms with Gasteiger partial charge in [0.15, 0.2) is 5.96 Å². The molecule has 22 heavy (non-hydrogen) atoms. The van der Waals surface area contributed by atoms with Crippen LogP contribution in [0.5, 0.6) is 0 Å². The van der Waals surface area contributed by atoms with E-state index in [4.69, 9.17) is 4.74 Å². The minimum atomic E-state index is 0. The van der Waals surface area contributed by atoms with Gasteiger partial charge in [-0.1, -0.05) is 26.7 Å². The lowest BCUT2D eigenvalue weighted by atomic mass is 9.88. The fraction of sp³-hybridized carbons (Fsp3) is 0.938. The Labute approximate surface area is 153 Å². The number of nitrogens with zero attached hydrogens (tertiary/aromatic N) is 2. The summed E-state index contributed by atoms with van der Waals surface area (Å²) in [5, 5.41) is 6.96. The smallest absolute Gasteiger partial charge is 0.191 e. The maximum absolute atomic E-state index is 5.52. The van der Waals surface area contributed by atoms with E-state index in [-0.39, 0.29) is 29.5 Å². The third kappa shape index (κ3) is 6.58. The molecule has 0 unspecified atom stereocenters. The van der Waals surface area contributed by atoms with Crippen molar-refractivity contribution < 1.29 is 4.74 Å². The quantitative estimate of drug-likeness (QED) is 0.373. The maximum Gasteiger partial charge on any atom is 0.191 e. The van der Waals surface area contributed by atoms with Gasteiger partial charge in [0.2, 0.25) is 0 Å². The zero-order valence-electron chi connectivity index (χ0n) is 14.9. The molecule has 0 aromatic carbocycles. The lowest BCUT2D eigenvalue weighted by molar-refractivity contribution is -0.00501. The maximum atomic E-state index is 5.52. The third-order valence-electron chi connectivity index (χ3n) is 4.89. The van der Waals surface area contributed by atoms with Gasteiger partial charge in [0.25, 0.3) is 0 Å². The molecule has 0 radical (unpaired) electrons. The van der Waals surface area contributed by atoms with Crippen LogP contribution in [-0.2, 0) is 4.74 Å². The average molecular weight is 426 g/mol. The molecule has 1 fully saturated rings. The molecule has 0 aliphatic carbocycles. The highest BCUT2D eigenvalue weighted by Crippen LogP contribution is 2.24. The van der Waals surface area contributed by atoms with Crippen LogP contribution < -0.4 is 10.6 Å². The molecule has 0 atom stereocenters. The summed E-state index contributed by atoms with van der Waals surface area (Å²) in [6.07, 6.45) is 4.55. The summed E-state index contributed by atoms with van der Waals surface area (Å²) in [5.41, 5.74) is 0.171. The molecule has 0 amide bonds. The second-order valence-electron chi connectivity index (χ2n) is 6.22. The molecule has 0 spiro atoms. The van der Waals surface area contributed by atoms with Gasteiger partial charge in [0.05, 0.1) is 0 Å². The van der Waals surface area contributed by atoms with E-state index in [2.05, 4.69) is 48.5 Å². The van der Waals surface area contributed by atoms with Gasteiger partial charge < -0.3 is 20.3 Å². The molecule has 1 aliphatic heterocycles. The summed E-state index contributed by atoms with van der Waals surface area (Å²) in [6.45, 7) is 8.08. The van der Waals surface area contributed by atoms with Crippen molar-refractivity contribution in [2.45, 2.75) is 45.1 Å². The molecule has 6 heteroatoms. The molecule has 1 aliphatic rings. The highest BCUT2D eigenvalue weighted by atomic mass is 127. The van der Waals surface area contributed by atoms with Crippen molar-refractivity contribution in [3.8, 4) is 0 Å². The first kappa shape index (κ1) is 21.9. The summed E-state index contributed by atoms with van der Waals surface area (Å²) in [6, 6.07) is 0. The van der Waals surface area contributed by atoms with E-state index in [0.29, 0.717) is 0 Å². The Bertz CT molecular complexity index is 313. The van der Waals surface area contributed by atoms with Gasteiger partial charge in [0.1, 0.15) is 0 Å². The standard InChI is InChI=1S/C16H34N4O.HI/c1-6-14(7-2)12-18-15(17-3)19-13-16(20(4)5)8-10-21-11-9-16;/h14H,6-13H2,1-5H3,(H2,17,18,19);1H. The summed E-state index contributed by atoms with van der Waals surface area (Å²) in [5.74, 6) is 1.63. The number of likely N-dealkylation sites (N-methyl/N-ethyl adjacent to an activating group) is 1. The SMILES string of the molecule is CCC(CC)CNC(=NC)NCC1(N(C)C)CCOCC1.I. The molecule has 0 saturated carbocycles. The second-order valence-corrected chi connectivity index (χ2v) is 6.22. The van der Waals surface area contributed by atoms with E-state index in [9.17, 15) is 0 Å². The molecular weight excluding hydrogens is 391 g/mol. The van der Waals surface area contributed by atoms with E-state index in [1.807, 2.05) is 7.05 Å². The number of rotatable bonds is 7. The van der Waals surface area contributed by atoms with Crippen LogP contribution in [0.2, 0.25) is 0 Å². The molecular formula is C16H35IN4O. The summed E-state index contributed by atoms with van der Waals surface area (Å²) in [7, 11) is 6.16. The largest absolute Gasteiger partial charge is 0.381 e. The Morgan fingerprint density at radius 3 is 2.23 bits per heavy atom. The van der Waals surface area contributed by atoms with Gasteiger partial charge >= 0.3 is 0 Å². The zero-order valence-corrected chi connectivity index (χ0v) is 17.3. The van der Waals surface area contributed by atoms with E-state index < -0.39 is 0 Å².